The van der Waals surface area contributed by atoms with Crippen molar-refractivity contribution in [1.29, 1.82) is 0 Å². The third-order valence-corrected chi connectivity index (χ3v) is 4.78. The number of aromatic nitrogens is 2. The fourth-order valence-electron chi connectivity index (χ4n) is 2.44. The van der Waals surface area contributed by atoms with Gasteiger partial charge in [-0.1, -0.05) is 66.7 Å². The Morgan fingerprint density at radius 3 is 2.60 bits per heavy atom. The largest absolute Gasteiger partial charge is 0.355 e. The van der Waals surface area contributed by atoms with Crippen molar-refractivity contribution < 1.29 is 4.79 Å². The summed E-state index contributed by atoms with van der Waals surface area (Å²) in [7, 11) is 0. The van der Waals surface area contributed by atoms with E-state index in [0.29, 0.717) is 18.1 Å². The van der Waals surface area contributed by atoms with E-state index in [1.165, 1.54) is 17.3 Å². The van der Waals surface area contributed by atoms with E-state index in [1.54, 1.807) is 0 Å². The van der Waals surface area contributed by atoms with Crippen LogP contribution in [0.25, 0.3) is 22.3 Å². The number of nitrogens with one attached hydrogen (secondary N) is 1. The van der Waals surface area contributed by atoms with Gasteiger partial charge in [-0.25, -0.2) is 9.97 Å². The fraction of sp³-hybridized carbons (Fsp3) is 0.250. The molecule has 1 heterocycles. The zero-order chi connectivity index (χ0) is 17.6. The van der Waals surface area contributed by atoms with Gasteiger partial charge in [0.1, 0.15) is 5.03 Å². The number of carbonyl (C=O) groups is 1. The van der Waals surface area contributed by atoms with E-state index in [0.717, 1.165) is 27.9 Å². The Labute approximate surface area is 152 Å². The molecule has 0 saturated carbocycles. The molecule has 1 N–H and O–H groups in total. The van der Waals surface area contributed by atoms with Crippen molar-refractivity contribution in [2.24, 2.45) is 0 Å². The van der Waals surface area contributed by atoms with Crippen molar-refractivity contribution in [3.05, 3.63) is 54.1 Å². The van der Waals surface area contributed by atoms with E-state index < -0.39 is 0 Å². The van der Waals surface area contributed by atoms with E-state index in [-0.39, 0.29) is 5.91 Å². The molecule has 128 valence electrons. The molecule has 0 bridgehead atoms. The Balaban J connectivity index is 1.92. The number of para-hydroxylation sites is 1. The monoisotopic (exact) mass is 351 g/mol. The van der Waals surface area contributed by atoms with Crippen LogP contribution in [0.4, 0.5) is 0 Å². The van der Waals surface area contributed by atoms with Gasteiger partial charge >= 0.3 is 0 Å². The lowest BCUT2D eigenvalue weighted by molar-refractivity contribution is -0.118. The van der Waals surface area contributed by atoms with Crippen LogP contribution in [0.3, 0.4) is 0 Å². The normalized spacial score (nSPS) is 10.8. The highest BCUT2D eigenvalue weighted by molar-refractivity contribution is 8.00. The minimum absolute atomic E-state index is 0.0337. The number of carbonyl (C=O) groups excluding carboxylic acids is 1. The van der Waals surface area contributed by atoms with Crippen LogP contribution in [0.5, 0.6) is 0 Å². The summed E-state index contributed by atoms with van der Waals surface area (Å²) in [4.78, 5) is 21.3. The second-order valence-corrected chi connectivity index (χ2v) is 6.84. The number of aryl methyl sites for hydroxylation is 1. The average Bonchev–Trinajstić information content (AvgIpc) is 2.64. The predicted molar refractivity (Wildman–Crippen MR) is 104 cm³/mol. The molecule has 3 rings (SSSR count). The van der Waals surface area contributed by atoms with Crippen molar-refractivity contribution >= 4 is 28.6 Å². The number of hydrogen-bond donors (Lipinski definition) is 1. The van der Waals surface area contributed by atoms with Crippen LogP contribution in [0.2, 0.25) is 0 Å². The van der Waals surface area contributed by atoms with Gasteiger partial charge in [0, 0.05) is 17.5 Å². The zero-order valence-electron chi connectivity index (χ0n) is 14.5. The summed E-state index contributed by atoms with van der Waals surface area (Å²) in [5.74, 6) is 1.08. The van der Waals surface area contributed by atoms with Gasteiger partial charge in [-0.2, -0.15) is 0 Å². The lowest BCUT2D eigenvalue weighted by Crippen LogP contribution is -2.25. The number of nitrogens with zero attached hydrogens (tertiary/aromatic N) is 2. The molecule has 0 fully saturated rings. The van der Waals surface area contributed by atoms with Crippen LogP contribution in [-0.4, -0.2) is 28.2 Å². The standard InChI is InChI=1S/C20H21N3OS/c1-3-12-21-18(24)13-25-20-16-6-4-5-7-17(16)22-19(23-20)15-10-8-14(2)9-11-15/h4-11H,3,12-13H2,1-2H3,(H,21,24). The molecule has 3 aromatic rings. The minimum Gasteiger partial charge on any atom is -0.355 e. The molecule has 4 nitrogen and oxygen atoms in total. The second-order valence-electron chi connectivity index (χ2n) is 5.87. The quantitative estimate of drug-likeness (QED) is 0.533. The van der Waals surface area contributed by atoms with Crippen LogP contribution in [0, 0.1) is 6.92 Å². The molecule has 0 aliphatic heterocycles. The van der Waals surface area contributed by atoms with Crippen LogP contribution < -0.4 is 5.32 Å². The van der Waals surface area contributed by atoms with E-state index in [9.17, 15) is 4.79 Å². The predicted octanol–water partition coefficient (Wildman–Crippen LogP) is 4.22. The van der Waals surface area contributed by atoms with Gasteiger partial charge in [-0.05, 0) is 19.4 Å². The molecular weight excluding hydrogens is 330 g/mol. The third kappa shape index (κ3) is 4.37. The van der Waals surface area contributed by atoms with Crippen LogP contribution in [0.1, 0.15) is 18.9 Å². The molecule has 0 spiro atoms. The first-order valence-corrected chi connectivity index (χ1v) is 9.39. The molecule has 2 aromatic carbocycles. The first-order chi connectivity index (χ1) is 12.2. The summed E-state index contributed by atoms with van der Waals surface area (Å²) in [5.41, 5.74) is 3.07. The first kappa shape index (κ1) is 17.4. The van der Waals surface area contributed by atoms with E-state index >= 15 is 0 Å². The number of rotatable bonds is 6. The zero-order valence-corrected chi connectivity index (χ0v) is 15.3. The first-order valence-electron chi connectivity index (χ1n) is 8.40. The number of fused-ring (bicyclic) bond motifs is 1. The van der Waals surface area contributed by atoms with Crippen LogP contribution >= 0.6 is 11.8 Å². The Morgan fingerprint density at radius 2 is 1.84 bits per heavy atom. The van der Waals surface area contributed by atoms with Crippen molar-refractivity contribution in [3.63, 3.8) is 0 Å². The second kappa shape index (κ2) is 8.12. The lowest BCUT2D eigenvalue weighted by Gasteiger charge is -2.09. The van der Waals surface area contributed by atoms with E-state index in [4.69, 9.17) is 4.98 Å². The summed E-state index contributed by atoms with van der Waals surface area (Å²) in [6.07, 6.45) is 0.935. The SMILES string of the molecule is CCCNC(=O)CSc1nc(-c2ccc(C)cc2)nc2ccccc12. The molecule has 25 heavy (non-hydrogen) atoms. The smallest absolute Gasteiger partial charge is 0.230 e. The average molecular weight is 351 g/mol. The van der Waals surface area contributed by atoms with Gasteiger partial charge in [-0.15, -0.1) is 0 Å². The van der Waals surface area contributed by atoms with Gasteiger partial charge in [-0.3, -0.25) is 4.79 Å². The number of hydrogen-bond acceptors (Lipinski definition) is 4. The highest BCUT2D eigenvalue weighted by Gasteiger charge is 2.11. The van der Waals surface area contributed by atoms with Crippen molar-refractivity contribution in [1.82, 2.24) is 15.3 Å². The number of amides is 1. The Kier molecular flexibility index (Phi) is 5.66. The lowest BCUT2D eigenvalue weighted by atomic mass is 10.1. The molecule has 0 atom stereocenters. The van der Waals surface area contributed by atoms with E-state index in [2.05, 4.69) is 29.4 Å². The Bertz CT molecular complexity index is 878. The van der Waals surface area contributed by atoms with Gasteiger partial charge in [0.15, 0.2) is 5.82 Å². The van der Waals surface area contributed by atoms with Crippen molar-refractivity contribution in [2.75, 3.05) is 12.3 Å². The summed E-state index contributed by atoms with van der Waals surface area (Å²) >= 11 is 1.46. The molecule has 0 radical (unpaired) electrons. The van der Waals surface area contributed by atoms with Gasteiger partial charge in [0.05, 0.1) is 11.3 Å². The topological polar surface area (TPSA) is 54.9 Å². The maximum atomic E-state index is 11.9. The maximum Gasteiger partial charge on any atom is 0.230 e. The Morgan fingerprint density at radius 1 is 1.08 bits per heavy atom. The summed E-state index contributed by atoms with van der Waals surface area (Å²) < 4.78 is 0. The van der Waals surface area contributed by atoms with Crippen LogP contribution in [-0.2, 0) is 4.79 Å². The summed E-state index contributed by atoms with van der Waals surface area (Å²) in [5, 5.41) is 4.72. The summed E-state index contributed by atoms with van der Waals surface area (Å²) in [6.45, 7) is 4.80. The fourth-order valence-corrected chi connectivity index (χ4v) is 3.29. The highest BCUT2D eigenvalue weighted by Crippen LogP contribution is 2.28. The van der Waals surface area contributed by atoms with Crippen molar-refractivity contribution in [2.45, 2.75) is 25.3 Å². The van der Waals surface area contributed by atoms with Gasteiger partial charge in [0.25, 0.3) is 0 Å². The maximum absolute atomic E-state index is 11.9. The molecule has 0 unspecified atom stereocenters. The molecule has 1 aromatic heterocycles. The molecule has 0 saturated heterocycles. The van der Waals surface area contributed by atoms with Gasteiger partial charge < -0.3 is 5.32 Å². The molecule has 0 aliphatic rings. The van der Waals surface area contributed by atoms with Crippen molar-refractivity contribution in [3.8, 4) is 11.4 Å². The molecule has 1 amide bonds. The highest BCUT2D eigenvalue weighted by atomic mass is 32.2. The van der Waals surface area contributed by atoms with Crippen LogP contribution in [0.15, 0.2) is 53.6 Å². The molecule has 5 heteroatoms. The number of thioether (sulfide) groups is 1. The summed E-state index contributed by atoms with van der Waals surface area (Å²) in [6, 6.07) is 16.1. The number of benzene rings is 2. The van der Waals surface area contributed by atoms with E-state index in [1.807, 2.05) is 43.3 Å². The molecule has 0 aliphatic carbocycles. The minimum atomic E-state index is 0.0337. The third-order valence-electron chi connectivity index (χ3n) is 3.79. The molecular formula is C20H21N3OS. The van der Waals surface area contributed by atoms with Gasteiger partial charge in [0.2, 0.25) is 5.91 Å². The Hall–Kier alpha value is -2.40.